The fraction of sp³-hybridized carbons (Fsp3) is 0.424. The number of nitrogens with one attached hydrogen (secondary N) is 2. The largest absolute Gasteiger partial charge is 0.504 e. The first-order valence-corrected chi connectivity index (χ1v) is 28.8. The maximum Gasteiger partial charge on any atom is 0.259 e. The predicted molar refractivity (Wildman–Crippen MR) is 325 cm³/mol. The molecule has 6 aromatic rings. The highest BCUT2D eigenvalue weighted by Gasteiger charge is 2.25. The average Bonchev–Trinajstić information content (AvgIpc) is 3.59. The van der Waals surface area contributed by atoms with Gasteiger partial charge in [-0.05, 0) is 122 Å². The number of carbonyl (C=O) groups excluding carboxylic acids is 2. The number of hydrogen-bond donors (Lipinski definition) is 10. The van der Waals surface area contributed by atoms with Crippen molar-refractivity contribution < 1.29 is 69.4 Å². The van der Waals surface area contributed by atoms with Crippen molar-refractivity contribution in [3.63, 3.8) is 0 Å². The molecule has 0 fully saturated rings. The van der Waals surface area contributed by atoms with Crippen LogP contribution in [0.5, 0.6) is 46.0 Å². The first kappa shape index (κ1) is 68.8. The van der Waals surface area contributed by atoms with Gasteiger partial charge < -0.3 is 70.4 Å². The van der Waals surface area contributed by atoms with Crippen molar-refractivity contribution >= 4 is 23.2 Å². The molecule has 8 bridgehead atoms. The van der Waals surface area contributed by atoms with Gasteiger partial charge in [0, 0.05) is 85.7 Å². The molecule has 10 N–H and O–H groups in total. The number of para-hydroxylation sites is 4. The van der Waals surface area contributed by atoms with Crippen LogP contribution in [-0.4, -0.2) is 106 Å². The minimum Gasteiger partial charge on any atom is -0.504 e. The number of phenols is 4. The van der Waals surface area contributed by atoms with E-state index in [1.165, 1.54) is 36.4 Å². The number of carbonyl (C=O) groups is 2. The number of aliphatic hydroxyl groups excluding tert-OH is 4. The summed E-state index contributed by atoms with van der Waals surface area (Å²) in [6.07, 6.45) is 7.94. The molecule has 0 spiro atoms. The van der Waals surface area contributed by atoms with Crippen molar-refractivity contribution in [2.45, 2.75) is 132 Å². The number of phenolic OH excluding ortho intramolecular Hbond substituents is 4. The lowest BCUT2D eigenvalue weighted by atomic mass is 9.90. The summed E-state index contributed by atoms with van der Waals surface area (Å²) in [5.74, 6) is -0.266. The van der Waals surface area contributed by atoms with Crippen LogP contribution in [0, 0.1) is 0 Å². The number of fused-ring (bicyclic) bond motifs is 8. The molecule has 0 saturated carbocycles. The summed E-state index contributed by atoms with van der Waals surface area (Å²) in [7, 11) is 0. The number of anilines is 2. The van der Waals surface area contributed by atoms with Crippen LogP contribution in [-0.2, 0) is 25.7 Å². The molecule has 16 nitrogen and oxygen atoms in total. The van der Waals surface area contributed by atoms with E-state index in [1.807, 2.05) is 102 Å². The van der Waals surface area contributed by atoms with Crippen LogP contribution in [0.1, 0.15) is 172 Å². The molecular weight excluding hydrogens is 1040 g/mol. The third-order valence-electron chi connectivity index (χ3n) is 12.1. The molecule has 0 aliphatic heterocycles. The maximum atomic E-state index is 13.8. The van der Waals surface area contributed by atoms with Crippen LogP contribution in [0.3, 0.4) is 0 Å². The number of benzene rings is 6. The molecule has 0 radical (unpaired) electrons. The van der Waals surface area contributed by atoms with Crippen molar-refractivity contribution in [2.24, 2.45) is 0 Å². The zero-order chi connectivity index (χ0) is 60.4. The maximum absolute atomic E-state index is 13.8. The van der Waals surface area contributed by atoms with Gasteiger partial charge in [0.2, 0.25) is 0 Å². The van der Waals surface area contributed by atoms with Crippen LogP contribution >= 0.6 is 0 Å². The van der Waals surface area contributed by atoms with E-state index in [9.17, 15) is 30.0 Å². The average molecular weight is 1140 g/mol. The van der Waals surface area contributed by atoms with Crippen LogP contribution in [0.2, 0.25) is 0 Å². The number of aromatic hydroxyl groups is 4. The van der Waals surface area contributed by atoms with Crippen LogP contribution < -0.4 is 29.6 Å². The van der Waals surface area contributed by atoms with E-state index >= 15 is 0 Å². The van der Waals surface area contributed by atoms with Gasteiger partial charge in [-0.1, -0.05) is 104 Å². The third-order valence-corrected chi connectivity index (χ3v) is 12.1. The SMILES string of the molecule is CCCO.CCCO.CCCO.CCCO.CCCOc1c2cccc1Cc1cc(NC(=O)c3cccc(O)c3O)cc(c1OCCC)Cc1cccc(c1OCCC)Cc1cc(NC(=O)c3cccc(O)c3O)cc(c1OCCC)C2. The Morgan fingerprint density at radius 2 is 0.598 bits per heavy atom. The van der Waals surface area contributed by atoms with E-state index in [1.54, 1.807) is 0 Å². The van der Waals surface area contributed by atoms with Crippen molar-refractivity contribution in [3.05, 3.63) is 153 Å². The quantitative estimate of drug-likeness (QED) is 0.0319. The molecule has 6 aromatic carbocycles. The summed E-state index contributed by atoms with van der Waals surface area (Å²) in [5.41, 5.74) is 7.49. The first-order chi connectivity index (χ1) is 39.7. The summed E-state index contributed by atoms with van der Waals surface area (Å²) in [4.78, 5) is 27.6. The van der Waals surface area contributed by atoms with Gasteiger partial charge in [-0.3, -0.25) is 9.59 Å². The summed E-state index contributed by atoms with van der Waals surface area (Å²) in [5, 5.41) is 79.2. The molecule has 0 unspecified atom stereocenters. The lowest BCUT2D eigenvalue weighted by Gasteiger charge is -2.24. The molecule has 0 aromatic heterocycles. The fourth-order valence-electron chi connectivity index (χ4n) is 8.22. The summed E-state index contributed by atoms with van der Waals surface area (Å²) < 4.78 is 26.6. The number of aliphatic hydroxyl groups is 4. The van der Waals surface area contributed by atoms with Crippen LogP contribution in [0.25, 0.3) is 0 Å². The zero-order valence-electron chi connectivity index (χ0n) is 49.4. The lowest BCUT2D eigenvalue weighted by molar-refractivity contribution is 0.101. The van der Waals surface area contributed by atoms with Crippen molar-refractivity contribution in [3.8, 4) is 46.0 Å². The zero-order valence-corrected chi connectivity index (χ0v) is 49.4. The number of hydrogen-bond acceptors (Lipinski definition) is 14. The monoisotopic (exact) mass is 1130 g/mol. The highest BCUT2D eigenvalue weighted by Crippen LogP contribution is 2.42. The highest BCUT2D eigenvalue weighted by molar-refractivity contribution is 6.07. The van der Waals surface area contributed by atoms with E-state index in [-0.39, 0.29) is 11.1 Å². The summed E-state index contributed by atoms with van der Waals surface area (Å²) >= 11 is 0. The van der Waals surface area contributed by atoms with E-state index < -0.39 is 34.8 Å². The molecule has 2 amide bonds. The van der Waals surface area contributed by atoms with Gasteiger partial charge in [-0.2, -0.15) is 0 Å². The van der Waals surface area contributed by atoms with Gasteiger partial charge in [0.05, 0.1) is 37.6 Å². The Labute approximate surface area is 485 Å². The van der Waals surface area contributed by atoms with Gasteiger partial charge >= 0.3 is 0 Å². The van der Waals surface area contributed by atoms with E-state index in [2.05, 4.69) is 24.5 Å². The van der Waals surface area contributed by atoms with Gasteiger partial charge in [-0.15, -0.1) is 0 Å². The Morgan fingerprint density at radius 1 is 0.366 bits per heavy atom. The van der Waals surface area contributed by atoms with E-state index in [0.717, 1.165) is 95.9 Å². The molecule has 0 saturated heterocycles. The van der Waals surface area contributed by atoms with Gasteiger partial charge in [-0.25, -0.2) is 0 Å². The summed E-state index contributed by atoms with van der Waals surface area (Å²) in [6, 6.07) is 28.1. The highest BCUT2D eigenvalue weighted by atomic mass is 16.5. The predicted octanol–water partition coefficient (Wildman–Crippen LogP) is 12.4. The fourth-order valence-corrected chi connectivity index (χ4v) is 8.22. The molecule has 0 atom stereocenters. The van der Waals surface area contributed by atoms with E-state index in [4.69, 9.17) is 39.4 Å². The van der Waals surface area contributed by atoms with Crippen molar-refractivity contribution in [1.82, 2.24) is 0 Å². The van der Waals surface area contributed by atoms with Gasteiger partial charge in [0.1, 0.15) is 23.0 Å². The molecule has 448 valence electrons. The summed E-state index contributed by atoms with van der Waals surface area (Å²) in [6.45, 7) is 19.0. The number of amides is 2. The normalized spacial score (nSPS) is 11.1. The second-order valence-electron chi connectivity index (χ2n) is 19.3. The van der Waals surface area contributed by atoms with Crippen LogP contribution in [0.4, 0.5) is 11.4 Å². The molecule has 82 heavy (non-hydrogen) atoms. The molecule has 1 aliphatic carbocycles. The molecule has 16 heteroatoms. The Kier molecular flexibility index (Phi) is 32.1. The van der Waals surface area contributed by atoms with Gasteiger partial charge in [0.15, 0.2) is 23.0 Å². The topological polar surface area (TPSA) is 257 Å². The standard InChI is InChI=1S/C54H58N2O10.4C3H8O/c1-5-21-63-49-33-13-9-14-34(49)26-38-30-42(56-54(62)44-18-12-20-46(58)48(44)60)32-40(52(38)66-24-8-4)28-36-16-10-15-35(50(36)64-22-6-2)27-39-31-41(29-37(25-33)51(39)65-23-7-3)55-53(61)43-17-11-19-45(57)47(43)59;4*1-2-3-4/h9-20,29-32,57-60H,5-8,21-28H2,1-4H3,(H,55,61)(H,56,62);4*4H,2-3H2,1H3. The molecule has 0 heterocycles. The lowest BCUT2D eigenvalue weighted by Crippen LogP contribution is -2.15. The minimum atomic E-state index is -0.593. The second kappa shape index (κ2) is 38.2. The Bertz CT molecular complexity index is 2570. The van der Waals surface area contributed by atoms with Crippen molar-refractivity contribution in [2.75, 3.05) is 63.5 Å². The first-order valence-electron chi connectivity index (χ1n) is 28.8. The second-order valence-corrected chi connectivity index (χ2v) is 19.3. The number of rotatable bonds is 20. The smallest absolute Gasteiger partial charge is 0.259 e. The molecule has 7 rings (SSSR count). The Hall–Kier alpha value is -7.50. The third kappa shape index (κ3) is 21.1. The Morgan fingerprint density at radius 3 is 0.829 bits per heavy atom. The van der Waals surface area contributed by atoms with Gasteiger partial charge in [0.25, 0.3) is 11.8 Å². The molecular formula is C66H90N2O14. The van der Waals surface area contributed by atoms with E-state index in [0.29, 0.717) is 113 Å². The van der Waals surface area contributed by atoms with Crippen LogP contribution in [0.15, 0.2) is 97.1 Å². The molecule has 1 aliphatic rings. The Balaban J connectivity index is 0.000000977. The van der Waals surface area contributed by atoms with Crippen molar-refractivity contribution in [1.29, 1.82) is 0 Å². The number of ether oxygens (including phenoxy) is 4. The minimum absolute atomic E-state index is 0.0736.